The van der Waals surface area contributed by atoms with Crippen molar-refractivity contribution < 1.29 is 13.2 Å². The highest BCUT2D eigenvalue weighted by atomic mass is 32.2. The van der Waals surface area contributed by atoms with Gasteiger partial charge in [0.15, 0.2) is 15.7 Å². The first-order chi connectivity index (χ1) is 12.4. The lowest BCUT2D eigenvalue weighted by molar-refractivity contribution is 0.102. The molecule has 1 amide bonds. The number of carbonyl (C=O) groups excluding carboxylic acids is 1. The first-order valence-corrected chi connectivity index (χ1v) is 10.3. The highest BCUT2D eigenvalue weighted by molar-refractivity contribution is 7.91. The molecule has 1 aliphatic heterocycles. The third-order valence-corrected chi connectivity index (χ3v) is 6.32. The van der Waals surface area contributed by atoms with Crippen molar-refractivity contribution in [1.29, 1.82) is 0 Å². The third kappa shape index (κ3) is 3.94. The summed E-state index contributed by atoms with van der Waals surface area (Å²) in [7, 11) is -1.54. The van der Waals surface area contributed by atoms with Crippen LogP contribution in [0.25, 0.3) is 0 Å². The number of benzene rings is 1. The summed E-state index contributed by atoms with van der Waals surface area (Å²) in [6.07, 6.45) is 1.95. The number of anilines is 1. The lowest BCUT2D eigenvalue weighted by atomic mass is 9.98. The Morgan fingerprint density at radius 2 is 1.92 bits per heavy atom. The molecule has 0 saturated carbocycles. The highest BCUT2D eigenvalue weighted by Gasteiger charge is 2.21. The molecular weight excluding hydrogens is 354 g/mol. The molecule has 1 fully saturated rings. The quantitative estimate of drug-likeness (QED) is 0.814. The predicted molar refractivity (Wildman–Crippen MR) is 98.0 cm³/mol. The number of amides is 1. The van der Waals surface area contributed by atoms with Crippen molar-refractivity contribution in [2.24, 2.45) is 7.05 Å². The Labute approximate surface area is 152 Å². The van der Waals surface area contributed by atoms with E-state index >= 15 is 0 Å². The average molecular weight is 377 g/mol. The van der Waals surface area contributed by atoms with E-state index in [9.17, 15) is 13.2 Å². The van der Waals surface area contributed by atoms with Gasteiger partial charge in [-0.25, -0.2) is 13.1 Å². The summed E-state index contributed by atoms with van der Waals surface area (Å²) in [4.78, 5) is 17.1. The Morgan fingerprint density at radius 1 is 1.27 bits per heavy atom. The van der Waals surface area contributed by atoms with Gasteiger partial charge < -0.3 is 5.32 Å². The van der Waals surface area contributed by atoms with Crippen molar-refractivity contribution in [1.82, 2.24) is 20.1 Å². The van der Waals surface area contributed by atoms with Gasteiger partial charge in [0.05, 0.1) is 10.6 Å². The third-order valence-electron chi connectivity index (χ3n) is 4.56. The zero-order valence-corrected chi connectivity index (χ0v) is 15.7. The Hall–Kier alpha value is -2.26. The number of nitrogens with one attached hydrogen (secondary N) is 2. The maximum absolute atomic E-state index is 12.4. The van der Waals surface area contributed by atoms with Gasteiger partial charge in [0.1, 0.15) is 0 Å². The molecule has 0 spiro atoms. The van der Waals surface area contributed by atoms with Crippen LogP contribution < -0.4 is 10.6 Å². The maximum Gasteiger partial charge on any atom is 0.258 e. The number of aryl methyl sites for hydroxylation is 1. The molecule has 1 aromatic carbocycles. The first kappa shape index (κ1) is 18.5. The van der Waals surface area contributed by atoms with Crippen LogP contribution >= 0.6 is 0 Å². The Balaban J connectivity index is 1.73. The van der Waals surface area contributed by atoms with E-state index in [1.54, 1.807) is 18.7 Å². The number of rotatable bonds is 5. The molecule has 0 aliphatic carbocycles. The zero-order valence-electron chi connectivity index (χ0n) is 14.9. The maximum atomic E-state index is 12.4. The summed E-state index contributed by atoms with van der Waals surface area (Å²) in [6.45, 7) is 3.47. The van der Waals surface area contributed by atoms with Crippen LogP contribution in [0, 0.1) is 0 Å². The van der Waals surface area contributed by atoms with E-state index < -0.39 is 9.84 Å². The molecule has 8 nitrogen and oxygen atoms in total. The normalized spacial score (nSPS) is 15.8. The molecule has 140 valence electrons. The minimum Gasteiger partial charge on any atom is -0.317 e. The molecule has 2 aromatic rings. The fourth-order valence-corrected chi connectivity index (χ4v) is 3.80. The Bertz CT molecular complexity index is 884. The number of piperidine rings is 1. The van der Waals surface area contributed by atoms with E-state index in [1.807, 2.05) is 0 Å². The van der Waals surface area contributed by atoms with Crippen molar-refractivity contribution in [3.63, 3.8) is 0 Å². The second-order valence-corrected chi connectivity index (χ2v) is 8.60. The molecular formula is C17H23N5O3S. The molecule has 1 aromatic heterocycles. The monoisotopic (exact) mass is 377 g/mol. The largest absolute Gasteiger partial charge is 0.317 e. The van der Waals surface area contributed by atoms with Crippen molar-refractivity contribution in [2.75, 3.05) is 24.2 Å². The van der Waals surface area contributed by atoms with Crippen molar-refractivity contribution in [3.05, 3.63) is 35.7 Å². The summed E-state index contributed by atoms with van der Waals surface area (Å²) in [6, 6.07) is 5.90. The van der Waals surface area contributed by atoms with Crippen molar-refractivity contribution in [3.8, 4) is 0 Å². The number of hydrogen-bond acceptors (Lipinski definition) is 6. The SMILES string of the molecule is CCS(=O)(=O)c1ccc(C(=O)Nc2nc(C3CCNCC3)nn2C)cc1. The van der Waals surface area contributed by atoms with E-state index in [0.717, 1.165) is 31.8 Å². The summed E-state index contributed by atoms with van der Waals surface area (Å²) in [5.41, 5.74) is 0.367. The summed E-state index contributed by atoms with van der Waals surface area (Å²) in [5.74, 6) is 1.10. The zero-order chi connectivity index (χ0) is 18.7. The van der Waals surface area contributed by atoms with Gasteiger partial charge in [0, 0.05) is 18.5 Å². The van der Waals surface area contributed by atoms with E-state index in [2.05, 4.69) is 20.7 Å². The molecule has 1 saturated heterocycles. The molecule has 26 heavy (non-hydrogen) atoms. The number of aromatic nitrogens is 3. The van der Waals surface area contributed by atoms with Crippen LogP contribution in [-0.2, 0) is 16.9 Å². The van der Waals surface area contributed by atoms with Crippen LogP contribution in [0.4, 0.5) is 5.95 Å². The van der Waals surface area contributed by atoms with Gasteiger partial charge in [-0.3, -0.25) is 10.1 Å². The lowest BCUT2D eigenvalue weighted by Crippen LogP contribution is -2.27. The van der Waals surface area contributed by atoms with Crippen molar-refractivity contribution >= 4 is 21.7 Å². The Kier molecular flexibility index (Phi) is 5.38. The molecule has 2 N–H and O–H groups in total. The highest BCUT2D eigenvalue weighted by Crippen LogP contribution is 2.23. The molecule has 1 aliphatic rings. The minimum absolute atomic E-state index is 0.0247. The number of sulfone groups is 1. The van der Waals surface area contributed by atoms with E-state index in [0.29, 0.717) is 17.4 Å². The topological polar surface area (TPSA) is 106 Å². The molecule has 9 heteroatoms. The Morgan fingerprint density at radius 3 is 2.54 bits per heavy atom. The molecule has 3 rings (SSSR count). The minimum atomic E-state index is -3.28. The summed E-state index contributed by atoms with van der Waals surface area (Å²) < 4.78 is 25.2. The average Bonchev–Trinajstić information content (AvgIpc) is 3.03. The van der Waals surface area contributed by atoms with Crippen LogP contribution in [0.5, 0.6) is 0 Å². The fourth-order valence-electron chi connectivity index (χ4n) is 2.92. The van der Waals surface area contributed by atoms with Crippen LogP contribution in [0.2, 0.25) is 0 Å². The second-order valence-electron chi connectivity index (χ2n) is 6.32. The smallest absolute Gasteiger partial charge is 0.258 e. The van der Waals surface area contributed by atoms with Gasteiger partial charge in [-0.15, -0.1) is 0 Å². The van der Waals surface area contributed by atoms with E-state index in [4.69, 9.17) is 0 Å². The fraction of sp³-hybridized carbons (Fsp3) is 0.471. The number of nitrogens with zero attached hydrogens (tertiary/aromatic N) is 3. The molecule has 0 radical (unpaired) electrons. The summed E-state index contributed by atoms with van der Waals surface area (Å²) in [5, 5.41) is 10.5. The second kappa shape index (κ2) is 7.55. The van der Waals surface area contributed by atoms with Gasteiger partial charge in [-0.1, -0.05) is 6.92 Å². The standard InChI is InChI=1S/C17H23N5O3S/c1-3-26(24,25)14-6-4-13(5-7-14)16(23)20-17-19-15(21-22(17)2)12-8-10-18-11-9-12/h4-7,12,18H,3,8-11H2,1-2H3,(H,19,20,21,23). The number of hydrogen-bond donors (Lipinski definition) is 2. The van der Waals surface area contributed by atoms with Crippen molar-refractivity contribution in [2.45, 2.75) is 30.6 Å². The first-order valence-electron chi connectivity index (χ1n) is 8.66. The van der Waals surface area contributed by atoms with Gasteiger partial charge in [0.2, 0.25) is 5.95 Å². The van der Waals surface area contributed by atoms with Gasteiger partial charge in [-0.05, 0) is 50.2 Å². The van der Waals surface area contributed by atoms with E-state index in [1.165, 1.54) is 24.3 Å². The molecule has 0 atom stereocenters. The van der Waals surface area contributed by atoms with Gasteiger partial charge in [0.25, 0.3) is 5.91 Å². The molecule has 0 unspecified atom stereocenters. The van der Waals surface area contributed by atoms with Crippen LogP contribution in [0.15, 0.2) is 29.2 Å². The van der Waals surface area contributed by atoms with Crippen LogP contribution in [0.3, 0.4) is 0 Å². The number of carbonyl (C=O) groups is 1. The van der Waals surface area contributed by atoms with Gasteiger partial charge >= 0.3 is 0 Å². The molecule has 2 heterocycles. The van der Waals surface area contributed by atoms with Crippen LogP contribution in [-0.4, -0.2) is 47.9 Å². The van der Waals surface area contributed by atoms with Crippen LogP contribution in [0.1, 0.15) is 41.9 Å². The lowest BCUT2D eigenvalue weighted by Gasteiger charge is -2.19. The summed E-state index contributed by atoms with van der Waals surface area (Å²) >= 11 is 0. The van der Waals surface area contributed by atoms with E-state index in [-0.39, 0.29) is 16.6 Å². The van der Waals surface area contributed by atoms with Gasteiger partial charge in [-0.2, -0.15) is 10.1 Å². The molecule has 0 bridgehead atoms. The predicted octanol–water partition coefficient (Wildman–Crippen LogP) is 1.33.